The lowest BCUT2D eigenvalue weighted by atomic mass is 10.2. The molecule has 1 N–H and O–H groups in total. The van der Waals surface area contributed by atoms with Crippen LogP contribution in [0.15, 0.2) is 29.2 Å². The molecule has 1 saturated heterocycles. The molecule has 0 bridgehead atoms. The second-order valence-corrected chi connectivity index (χ2v) is 7.57. The molecule has 1 heterocycles. The Morgan fingerprint density at radius 2 is 1.72 bits per heavy atom. The molecule has 8 nitrogen and oxygen atoms in total. The number of hydrogen-bond acceptors (Lipinski definition) is 6. The van der Waals surface area contributed by atoms with Crippen molar-refractivity contribution in [2.45, 2.75) is 24.2 Å². The normalized spacial score (nSPS) is 15.6. The van der Waals surface area contributed by atoms with Crippen LogP contribution in [-0.4, -0.2) is 58.0 Å². The molecule has 1 fully saturated rings. The Kier molecular flexibility index (Phi) is 6.91. The number of carbonyl (C=O) groups excluding carboxylic acids is 2. The average Bonchev–Trinajstić information content (AvgIpc) is 2.61. The standard InChI is InChI=1S/C16H22N2O6S/c1-23-12-16(20)24-11-15(19)17-13-5-7-14(8-6-13)25(21,22)18-9-3-2-4-10-18/h5-8H,2-4,9-12H2,1H3,(H,17,19). The number of piperidine rings is 1. The molecule has 0 saturated carbocycles. The number of methoxy groups -OCH3 is 1. The number of carbonyl (C=O) groups is 2. The van der Waals surface area contributed by atoms with Crippen molar-refractivity contribution in [3.05, 3.63) is 24.3 Å². The maximum absolute atomic E-state index is 12.5. The third-order valence-electron chi connectivity index (χ3n) is 3.72. The summed E-state index contributed by atoms with van der Waals surface area (Å²) in [5.41, 5.74) is 0.422. The topological polar surface area (TPSA) is 102 Å². The molecule has 2 rings (SSSR count). The zero-order chi connectivity index (χ0) is 18.3. The highest BCUT2D eigenvalue weighted by atomic mass is 32.2. The van der Waals surface area contributed by atoms with Crippen LogP contribution in [-0.2, 0) is 29.1 Å². The van der Waals surface area contributed by atoms with Crippen molar-refractivity contribution in [2.75, 3.05) is 38.7 Å². The quantitative estimate of drug-likeness (QED) is 0.718. The van der Waals surface area contributed by atoms with E-state index in [-0.39, 0.29) is 11.5 Å². The molecule has 138 valence electrons. The minimum Gasteiger partial charge on any atom is -0.454 e. The van der Waals surface area contributed by atoms with Crippen LogP contribution in [0.2, 0.25) is 0 Å². The summed E-state index contributed by atoms with van der Waals surface area (Å²) in [5, 5.41) is 2.53. The predicted octanol–water partition coefficient (Wildman–Crippen LogP) is 0.989. The lowest BCUT2D eigenvalue weighted by Crippen LogP contribution is -2.35. The van der Waals surface area contributed by atoms with Crippen LogP contribution >= 0.6 is 0 Å². The number of sulfonamides is 1. The van der Waals surface area contributed by atoms with Crippen LogP contribution in [0, 0.1) is 0 Å². The molecular formula is C16H22N2O6S. The summed E-state index contributed by atoms with van der Waals surface area (Å²) in [7, 11) is -2.15. The highest BCUT2D eigenvalue weighted by molar-refractivity contribution is 7.89. The second kappa shape index (κ2) is 8.93. The van der Waals surface area contributed by atoms with Crippen molar-refractivity contribution in [3.8, 4) is 0 Å². The van der Waals surface area contributed by atoms with E-state index in [0.717, 1.165) is 19.3 Å². The van der Waals surface area contributed by atoms with Gasteiger partial charge in [-0.3, -0.25) is 4.79 Å². The molecule has 1 amide bonds. The molecule has 0 spiro atoms. The first-order valence-corrected chi connectivity index (χ1v) is 9.42. The van der Waals surface area contributed by atoms with E-state index in [1.165, 1.54) is 35.7 Å². The van der Waals surface area contributed by atoms with E-state index in [2.05, 4.69) is 10.1 Å². The number of anilines is 1. The highest BCUT2D eigenvalue weighted by Gasteiger charge is 2.25. The van der Waals surface area contributed by atoms with Crippen LogP contribution in [0.25, 0.3) is 0 Å². The van der Waals surface area contributed by atoms with Gasteiger partial charge in [-0.25, -0.2) is 13.2 Å². The van der Waals surface area contributed by atoms with Gasteiger partial charge in [0.05, 0.1) is 4.90 Å². The van der Waals surface area contributed by atoms with Crippen LogP contribution < -0.4 is 5.32 Å². The largest absolute Gasteiger partial charge is 0.454 e. The number of nitrogens with zero attached hydrogens (tertiary/aromatic N) is 1. The molecule has 25 heavy (non-hydrogen) atoms. The summed E-state index contributed by atoms with van der Waals surface area (Å²) in [6.45, 7) is 0.410. The van der Waals surface area contributed by atoms with Gasteiger partial charge in [0.15, 0.2) is 6.61 Å². The summed E-state index contributed by atoms with van der Waals surface area (Å²) in [4.78, 5) is 23.0. The van der Waals surface area contributed by atoms with Crippen molar-refractivity contribution in [1.29, 1.82) is 0 Å². The Bertz CT molecular complexity index is 696. The Morgan fingerprint density at radius 3 is 2.32 bits per heavy atom. The van der Waals surface area contributed by atoms with E-state index in [4.69, 9.17) is 4.74 Å². The van der Waals surface area contributed by atoms with Crippen LogP contribution in [0.1, 0.15) is 19.3 Å². The third kappa shape index (κ3) is 5.52. The molecule has 9 heteroatoms. The first-order chi connectivity index (χ1) is 11.9. The predicted molar refractivity (Wildman–Crippen MR) is 90.5 cm³/mol. The molecule has 1 aromatic rings. The smallest absolute Gasteiger partial charge is 0.332 e. The van der Waals surface area contributed by atoms with E-state index in [1.54, 1.807) is 0 Å². The maximum Gasteiger partial charge on any atom is 0.332 e. The lowest BCUT2D eigenvalue weighted by Gasteiger charge is -2.25. The van der Waals surface area contributed by atoms with E-state index < -0.39 is 28.5 Å². The first kappa shape index (κ1) is 19.4. The Labute approximate surface area is 147 Å². The SMILES string of the molecule is COCC(=O)OCC(=O)Nc1ccc(S(=O)(=O)N2CCCCC2)cc1. The van der Waals surface area contributed by atoms with Crippen LogP contribution in [0.3, 0.4) is 0 Å². The number of nitrogens with one attached hydrogen (secondary N) is 1. The number of esters is 1. The molecular weight excluding hydrogens is 348 g/mol. The molecule has 0 unspecified atom stereocenters. The molecule has 1 aliphatic heterocycles. The van der Waals surface area contributed by atoms with Gasteiger partial charge in [0.2, 0.25) is 10.0 Å². The van der Waals surface area contributed by atoms with Crippen molar-refractivity contribution in [2.24, 2.45) is 0 Å². The van der Waals surface area contributed by atoms with Gasteiger partial charge in [0.25, 0.3) is 5.91 Å². The Hall–Kier alpha value is -1.97. The third-order valence-corrected chi connectivity index (χ3v) is 5.63. The first-order valence-electron chi connectivity index (χ1n) is 7.98. The number of rotatable bonds is 7. The molecule has 1 aromatic carbocycles. The van der Waals surface area contributed by atoms with Crippen LogP contribution in [0.4, 0.5) is 5.69 Å². The van der Waals surface area contributed by atoms with Gasteiger partial charge in [-0.2, -0.15) is 4.31 Å². The van der Waals surface area contributed by atoms with Gasteiger partial charge in [-0.05, 0) is 37.1 Å². The van der Waals surface area contributed by atoms with E-state index in [1.807, 2.05) is 0 Å². The van der Waals surface area contributed by atoms with E-state index in [9.17, 15) is 18.0 Å². The van der Waals surface area contributed by atoms with Gasteiger partial charge in [-0.1, -0.05) is 6.42 Å². The summed E-state index contributed by atoms with van der Waals surface area (Å²) in [6.07, 6.45) is 2.79. The van der Waals surface area contributed by atoms with Crippen molar-refractivity contribution in [1.82, 2.24) is 4.31 Å². The molecule has 0 aromatic heterocycles. The monoisotopic (exact) mass is 370 g/mol. The fourth-order valence-electron chi connectivity index (χ4n) is 2.47. The fraction of sp³-hybridized carbons (Fsp3) is 0.500. The van der Waals surface area contributed by atoms with Crippen molar-refractivity contribution >= 4 is 27.6 Å². The summed E-state index contributed by atoms with van der Waals surface area (Å²) in [5.74, 6) is -1.16. The van der Waals surface area contributed by atoms with Gasteiger partial charge >= 0.3 is 5.97 Å². The summed E-state index contributed by atoms with van der Waals surface area (Å²) >= 11 is 0. The molecule has 0 atom stereocenters. The minimum atomic E-state index is -3.50. The van der Waals surface area contributed by atoms with Crippen molar-refractivity contribution < 1.29 is 27.5 Å². The zero-order valence-corrected chi connectivity index (χ0v) is 14.9. The van der Waals surface area contributed by atoms with Crippen LogP contribution in [0.5, 0.6) is 0 Å². The lowest BCUT2D eigenvalue weighted by molar-refractivity contribution is -0.150. The highest BCUT2D eigenvalue weighted by Crippen LogP contribution is 2.21. The number of benzene rings is 1. The summed E-state index contributed by atoms with van der Waals surface area (Å²) in [6, 6.07) is 5.92. The van der Waals surface area contributed by atoms with Gasteiger partial charge in [0, 0.05) is 25.9 Å². The number of hydrogen-bond donors (Lipinski definition) is 1. The number of ether oxygens (including phenoxy) is 2. The number of amides is 1. The van der Waals surface area contributed by atoms with Gasteiger partial charge in [0.1, 0.15) is 6.61 Å². The minimum absolute atomic E-state index is 0.193. The molecule has 1 aliphatic rings. The Balaban J connectivity index is 1.93. The maximum atomic E-state index is 12.5. The van der Waals surface area contributed by atoms with Gasteiger partial charge in [-0.15, -0.1) is 0 Å². The second-order valence-electron chi connectivity index (χ2n) is 5.63. The van der Waals surface area contributed by atoms with E-state index in [0.29, 0.717) is 18.8 Å². The van der Waals surface area contributed by atoms with E-state index >= 15 is 0 Å². The zero-order valence-electron chi connectivity index (χ0n) is 14.1. The van der Waals surface area contributed by atoms with Crippen molar-refractivity contribution in [3.63, 3.8) is 0 Å². The Morgan fingerprint density at radius 1 is 1.08 bits per heavy atom. The molecule has 0 radical (unpaired) electrons. The summed E-state index contributed by atoms with van der Waals surface area (Å²) < 4.78 is 35.8. The fourth-order valence-corrected chi connectivity index (χ4v) is 3.98. The average molecular weight is 370 g/mol. The molecule has 0 aliphatic carbocycles. The van der Waals surface area contributed by atoms with Gasteiger partial charge < -0.3 is 14.8 Å².